The molecule has 1 aromatic heterocycles. The van der Waals surface area contributed by atoms with Crippen LogP contribution < -0.4 is 16.2 Å². The van der Waals surface area contributed by atoms with Crippen LogP contribution in [0.3, 0.4) is 0 Å². The molecule has 1 aliphatic rings. The van der Waals surface area contributed by atoms with Gasteiger partial charge in [-0.3, -0.25) is 4.79 Å². The van der Waals surface area contributed by atoms with Crippen molar-refractivity contribution in [2.75, 3.05) is 18.0 Å². The fourth-order valence-electron chi connectivity index (χ4n) is 2.68. The summed E-state index contributed by atoms with van der Waals surface area (Å²) in [4.78, 5) is 14.5. The lowest BCUT2D eigenvalue weighted by molar-refractivity contribution is 0.373. The maximum atomic E-state index is 12.2. The number of hydrogen-bond acceptors (Lipinski definition) is 4. The van der Waals surface area contributed by atoms with Crippen molar-refractivity contribution in [3.8, 4) is 0 Å². The summed E-state index contributed by atoms with van der Waals surface area (Å²) in [6.45, 7) is 9.02. The Hall–Kier alpha value is -1.36. The molecule has 2 heterocycles. The second-order valence-electron chi connectivity index (χ2n) is 6.45. The van der Waals surface area contributed by atoms with Crippen LogP contribution >= 0.6 is 0 Å². The Morgan fingerprint density at radius 3 is 2.67 bits per heavy atom. The lowest BCUT2D eigenvalue weighted by atomic mass is 9.99. The Kier molecular flexibility index (Phi) is 5.39. The van der Waals surface area contributed by atoms with E-state index in [1.165, 1.54) is 17.5 Å². The van der Waals surface area contributed by atoms with Crippen molar-refractivity contribution in [2.45, 2.75) is 52.6 Å². The summed E-state index contributed by atoms with van der Waals surface area (Å²) >= 11 is 0. The minimum Gasteiger partial charge on any atom is -0.370 e. The molecule has 0 aromatic carbocycles. The molecular formula is C16H28N4O. The fourth-order valence-corrected chi connectivity index (χ4v) is 2.68. The maximum absolute atomic E-state index is 12.2. The van der Waals surface area contributed by atoms with Crippen LogP contribution in [0.5, 0.6) is 0 Å². The number of anilines is 1. The zero-order valence-electron chi connectivity index (χ0n) is 13.5. The van der Waals surface area contributed by atoms with Crippen LogP contribution in [0.4, 0.5) is 5.69 Å². The third-order valence-corrected chi connectivity index (χ3v) is 4.76. The predicted octanol–water partition coefficient (Wildman–Crippen LogP) is 1.85. The Balaban J connectivity index is 2.05. The summed E-state index contributed by atoms with van der Waals surface area (Å²) < 4.78 is 1.49. The maximum Gasteiger partial charge on any atom is 0.268 e. The topological polar surface area (TPSA) is 64.2 Å². The van der Waals surface area contributed by atoms with E-state index in [1.54, 1.807) is 12.3 Å². The van der Waals surface area contributed by atoms with E-state index in [4.69, 9.17) is 5.73 Å². The van der Waals surface area contributed by atoms with Gasteiger partial charge in [-0.15, -0.1) is 0 Å². The van der Waals surface area contributed by atoms with Gasteiger partial charge in [0.25, 0.3) is 5.56 Å². The molecule has 0 amide bonds. The van der Waals surface area contributed by atoms with Crippen molar-refractivity contribution in [1.82, 2.24) is 9.78 Å². The molecule has 1 fully saturated rings. The van der Waals surface area contributed by atoms with Gasteiger partial charge in [0, 0.05) is 25.2 Å². The molecule has 5 heteroatoms. The zero-order valence-corrected chi connectivity index (χ0v) is 13.5. The van der Waals surface area contributed by atoms with Gasteiger partial charge in [-0.05, 0) is 24.7 Å². The van der Waals surface area contributed by atoms with E-state index in [1.807, 2.05) is 0 Å². The van der Waals surface area contributed by atoms with Crippen LogP contribution in [-0.2, 0) is 6.54 Å². The molecule has 0 saturated carbocycles. The quantitative estimate of drug-likeness (QED) is 0.899. The first kappa shape index (κ1) is 16.0. The van der Waals surface area contributed by atoms with Gasteiger partial charge in [0.1, 0.15) is 0 Å². The molecule has 1 saturated heterocycles. The molecular weight excluding hydrogens is 264 g/mol. The molecule has 1 aliphatic heterocycles. The average molecular weight is 292 g/mol. The molecule has 0 spiro atoms. The van der Waals surface area contributed by atoms with Gasteiger partial charge >= 0.3 is 0 Å². The summed E-state index contributed by atoms with van der Waals surface area (Å²) in [6.07, 6.45) is 5.19. The summed E-state index contributed by atoms with van der Waals surface area (Å²) in [5.41, 5.74) is 7.01. The standard InChI is InChI=1S/C16H28N4O/c1-4-13(3)15(17)11-20-16(21)9-14(10-18-20)19-7-5-12(2)6-8-19/h9-10,12-13,15H,4-8,11,17H2,1-3H3. The van der Waals surface area contributed by atoms with Crippen molar-refractivity contribution in [3.63, 3.8) is 0 Å². The van der Waals surface area contributed by atoms with Crippen LogP contribution in [-0.4, -0.2) is 28.9 Å². The molecule has 118 valence electrons. The van der Waals surface area contributed by atoms with Crippen LogP contribution in [0.25, 0.3) is 0 Å². The molecule has 21 heavy (non-hydrogen) atoms. The molecule has 0 radical (unpaired) electrons. The summed E-state index contributed by atoms with van der Waals surface area (Å²) in [5, 5.41) is 4.31. The van der Waals surface area contributed by atoms with E-state index in [0.29, 0.717) is 12.5 Å². The fraction of sp³-hybridized carbons (Fsp3) is 0.750. The van der Waals surface area contributed by atoms with Gasteiger partial charge in [0.2, 0.25) is 0 Å². The molecule has 2 N–H and O–H groups in total. The third-order valence-electron chi connectivity index (χ3n) is 4.76. The molecule has 2 atom stereocenters. The van der Waals surface area contributed by atoms with E-state index < -0.39 is 0 Å². The zero-order chi connectivity index (χ0) is 15.4. The van der Waals surface area contributed by atoms with E-state index in [0.717, 1.165) is 31.1 Å². The number of aromatic nitrogens is 2. The monoisotopic (exact) mass is 292 g/mol. The Morgan fingerprint density at radius 2 is 2.10 bits per heavy atom. The van der Waals surface area contributed by atoms with Crippen molar-refractivity contribution in [3.05, 3.63) is 22.6 Å². The Bertz CT molecular complexity index is 505. The SMILES string of the molecule is CCC(C)C(N)Cn1ncc(N2CCC(C)CC2)cc1=O. The Morgan fingerprint density at radius 1 is 1.43 bits per heavy atom. The predicted molar refractivity (Wildman–Crippen MR) is 86.5 cm³/mol. The molecule has 2 unspecified atom stereocenters. The number of rotatable bonds is 5. The smallest absolute Gasteiger partial charge is 0.268 e. The van der Waals surface area contributed by atoms with Gasteiger partial charge in [-0.25, -0.2) is 4.68 Å². The lowest BCUT2D eigenvalue weighted by Gasteiger charge is -2.31. The number of piperidine rings is 1. The highest BCUT2D eigenvalue weighted by Crippen LogP contribution is 2.21. The third kappa shape index (κ3) is 4.06. The van der Waals surface area contributed by atoms with E-state index in [2.05, 4.69) is 30.8 Å². The number of hydrogen-bond donors (Lipinski definition) is 1. The summed E-state index contributed by atoms with van der Waals surface area (Å²) in [7, 11) is 0. The number of nitrogens with zero attached hydrogens (tertiary/aromatic N) is 3. The molecule has 2 rings (SSSR count). The minimum absolute atomic E-state index is 0.0260. The van der Waals surface area contributed by atoms with Gasteiger partial charge in [-0.2, -0.15) is 5.10 Å². The number of nitrogens with two attached hydrogens (primary N) is 1. The van der Waals surface area contributed by atoms with Crippen molar-refractivity contribution in [2.24, 2.45) is 17.6 Å². The van der Waals surface area contributed by atoms with Crippen LogP contribution in [0.2, 0.25) is 0 Å². The van der Waals surface area contributed by atoms with Crippen molar-refractivity contribution in [1.29, 1.82) is 0 Å². The average Bonchev–Trinajstić information content (AvgIpc) is 2.49. The highest BCUT2D eigenvalue weighted by molar-refractivity contribution is 5.43. The largest absolute Gasteiger partial charge is 0.370 e. The minimum atomic E-state index is -0.0510. The first-order chi connectivity index (χ1) is 10.0. The van der Waals surface area contributed by atoms with E-state index in [9.17, 15) is 4.79 Å². The van der Waals surface area contributed by atoms with E-state index in [-0.39, 0.29) is 11.6 Å². The first-order valence-corrected chi connectivity index (χ1v) is 8.09. The van der Waals surface area contributed by atoms with Gasteiger partial charge in [-0.1, -0.05) is 27.2 Å². The van der Waals surface area contributed by atoms with Gasteiger partial charge < -0.3 is 10.6 Å². The van der Waals surface area contributed by atoms with Gasteiger partial charge in [0.15, 0.2) is 0 Å². The lowest BCUT2D eigenvalue weighted by Crippen LogP contribution is -2.38. The molecule has 0 aliphatic carbocycles. The highest BCUT2D eigenvalue weighted by Gasteiger charge is 2.18. The molecule has 5 nitrogen and oxygen atoms in total. The second-order valence-corrected chi connectivity index (χ2v) is 6.45. The summed E-state index contributed by atoms with van der Waals surface area (Å²) in [6, 6.07) is 1.67. The molecule has 0 bridgehead atoms. The van der Waals surface area contributed by atoms with Crippen LogP contribution in [0, 0.1) is 11.8 Å². The van der Waals surface area contributed by atoms with Crippen molar-refractivity contribution < 1.29 is 0 Å². The van der Waals surface area contributed by atoms with Crippen molar-refractivity contribution >= 4 is 5.69 Å². The second kappa shape index (κ2) is 7.07. The normalized spacial score (nSPS) is 19.5. The summed E-state index contributed by atoms with van der Waals surface area (Å²) in [5.74, 6) is 1.17. The Labute approximate surface area is 127 Å². The van der Waals surface area contributed by atoms with Gasteiger partial charge in [0.05, 0.1) is 18.4 Å². The van der Waals surface area contributed by atoms with Crippen LogP contribution in [0.1, 0.15) is 40.0 Å². The first-order valence-electron chi connectivity index (χ1n) is 8.09. The molecule has 1 aromatic rings. The van der Waals surface area contributed by atoms with Crippen LogP contribution in [0.15, 0.2) is 17.1 Å². The highest BCUT2D eigenvalue weighted by atomic mass is 16.1. The van der Waals surface area contributed by atoms with E-state index >= 15 is 0 Å².